The van der Waals surface area contributed by atoms with Gasteiger partial charge in [-0.3, -0.25) is 4.90 Å². The average molecular weight is 385 g/mol. The first-order valence-electron chi connectivity index (χ1n) is 8.81. The van der Waals surface area contributed by atoms with Gasteiger partial charge in [0.05, 0.1) is 5.39 Å². The van der Waals surface area contributed by atoms with E-state index in [9.17, 15) is 0 Å². The first-order valence-corrected chi connectivity index (χ1v) is 10.0. The van der Waals surface area contributed by atoms with E-state index in [1.165, 1.54) is 10.4 Å². The highest BCUT2D eigenvalue weighted by Crippen LogP contribution is 2.32. The van der Waals surface area contributed by atoms with Gasteiger partial charge in [-0.15, -0.1) is 11.3 Å². The van der Waals surface area contributed by atoms with Crippen LogP contribution in [0.5, 0.6) is 0 Å². The Bertz CT molecular complexity index is 914. The van der Waals surface area contributed by atoms with Crippen LogP contribution in [0.15, 0.2) is 42.5 Å². The fourth-order valence-electron chi connectivity index (χ4n) is 3.29. The molecule has 134 valence electrons. The summed E-state index contributed by atoms with van der Waals surface area (Å²) in [6.45, 7) is 7.02. The Morgan fingerprint density at radius 2 is 1.88 bits per heavy atom. The van der Waals surface area contributed by atoms with Crippen molar-refractivity contribution in [2.75, 3.05) is 37.6 Å². The van der Waals surface area contributed by atoms with Crippen LogP contribution in [0.3, 0.4) is 0 Å². The number of anilines is 1. The molecular formula is C20H21ClN4S. The maximum atomic E-state index is 6.15. The Kier molecular flexibility index (Phi) is 5.20. The molecule has 4 rings (SSSR count). The number of nitrogens with zero attached hydrogens (tertiary/aromatic N) is 4. The van der Waals surface area contributed by atoms with Crippen LogP contribution in [-0.4, -0.2) is 47.6 Å². The maximum absolute atomic E-state index is 6.15. The van der Waals surface area contributed by atoms with Gasteiger partial charge in [-0.25, -0.2) is 4.98 Å². The Morgan fingerprint density at radius 1 is 1.12 bits per heavy atom. The lowest BCUT2D eigenvalue weighted by Crippen LogP contribution is -2.46. The Hall–Kier alpha value is -1.95. The normalized spacial score (nSPS) is 16.0. The summed E-state index contributed by atoms with van der Waals surface area (Å²) in [6.07, 6.45) is 4.43. The van der Waals surface area contributed by atoms with Crippen molar-refractivity contribution in [1.29, 1.82) is 0 Å². The number of halogens is 1. The lowest BCUT2D eigenvalue weighted by atomic mass is 10.2. The van der Waals surface area contributed by atoms with Gasteiger partial charge in [0, 0.05) is 37.6 Å². The van der Waals surface area contributed by atoms with Gasteiger partial charge < -0.3 is 4.90 Å². The highest BCUT2D eigenvalue weighted by molar-refractivity contribution is 7.18. The molecular weight excluding hydrogens is 364 g/mol. The third kappa shape index (κ3) is 3.90. The van der Waals surface area contributed by atoms with Crippen LogP contribution in [0.2, 0.25) is 5.28 Å². The minimum absolute atomic E-state index is 0.336. The number of thiophene rings is 1. The first kappa shape index (κ1) is 17.5. The Labute approximate surface area is 162 Å². The second-order valence-corrected chi connectivity index (χ2v) is 8.07. The molecule has 0 saturated carbocycles. The zero-order valence-electron chi connectivity index (χ0n) is 14.7. The predicted octanol–water partition coefficient (Wildman–Crippen LogP) is 4.49. The minimum atomic E-state index is 0.336. The molecule has 0 atom stereocenters. The van der Waals surface area contributed by atoms with Gasteiger partial charge in [0.1, 0.15) is 10.6 Å². The molecule has 4 nitrogen and oxygen atoms in total. The Balaban J connectivity index is 1.40. The molecule has 6 heteroatoms. The summed E-state index contributed by atoms with van der Waals surface area (Å²) in [5.74, 6) is 0.976. The van der Waals surface area contributed by atoms with Crippen LogP contribution < -0.4 is 4.90 Å². The van der Waals surface area contributed by atoms with E-state index >= 15 is 0 Å². The number of fused-ring (bicyclic) bond motifs is 1. The summed E-state index contributed by atoms with van der Waals surface area (Å²) in [5.41, 5.74) is 1.25. The first-order chi connectivity index (χ1) is 12.7. The highest BCUT2D eigenvalue weighted by atomic mass is 35.5. The summed E-state index contributed by atoms with van der Waals surface area (Å²) in [6, 6.07) is 12.6. The van der Waals surface area contributed by atoms with Crippen LogP contribution >= 0.6 is 22.9 Å². The van der Waals surface area contributed by atoms with Crippen molar-refractivity contribution in [1.82, 2.24) is 14.9 Å². The molecule has 0 N–H and O–H groups in total. The molecule has 0 aliphatic carbocycles. The van der Waals surface area contributed by atoms with Crippen molar-refractivity contribution in [3.8, 4) is 0 Å². The van der Waals surface area contributed by atoms with E-state index in [1.54, 1.807) is 11.3 Å². The van der Waals surface area contributed by atoms with Gasteiger partial charge in [-0.1, -0.05) is 42.5 Å². The molecule has 1 aromatic carbocycles. The third-order valence-corrected chi connectivity index (χ3v) is 5.73. The monoisotopic (exact) mass is 384 g/mol. The van der Waals surface area contributed by atoms with Crippen LogP contribution in [0.25, 0.3) is 16.3 Å². The lowest BCUT2D eigenvalue weighted by molar-refractivity contribution is 0.284. The van der Waals surface area contributed by atoms with Gasteiger partial charge in [0.15, 0.2) is 0 Å². The average Bonchev–Trinajstić information content (AvgIpc) is 3.02. The maximum Gasteiger partial charge on any atom is 0.225 e. The summed E-state index contributed by atoms with van der Waals surface area (Å²) in [4.78, 5) is 15.9. The predicted molar refractivity (Wildman–Crippen MR) is 111 cm³/mol. The fourth-order valence-corrected chi connectivity index (χ4v) is 4.38. The van der Waals surface area contributed by atoms with Gasteiger partial charge in [0.25, 0.3) is 0 Å². The molecule has 1 aliphatic heterocycles. The largest absolute Gasteiger partial charge is 0.353 e. The van der Waals surface area contributed by atoms with Crippen molar-refractivity contribution in [3.05, 3.63) is 58.2 Å². The van der Waals surface area contributed by atoms with E-state index in [0.29, 0.717) is 5.28 Å². The molecule has 0 bridgehead atoms. The summed E-state index contributed by atoms with van der Waals surface area (Å²) in [7, 11) is 0. The quantitative estimate of drug-likeness (QED) is 0.620. The smallest absolute Gasteiger partial charge is 0.225 e. The molecule has 1 aliphatic rings. The number of benzene rings is 1. The number of hydrogen-bond acceptors (Lipinski definition) is 5. The van der Waals surface area contributed by atoms with Crippen molar-refractivity contribution >= 4 is 45.0 Å². The minimum Gasteiger partial charge on any atom is -0.353 e. The molecule has 3 aromatic rings. The zero-order chi connectivity index (χ0) is 17.9. The van der Waals surface area contributed by atoms with Crippen molar-refractivity contribution < 1.29 is 0 Å². The van der Waals surface area contributed by atoms with Crippen LogP contribution in [0.4, 0.5) is 5.82 Å². The number of aryl methyl sites for hydroxylation is 1. The van der Waals surface area contributed by atoms with E-state index < -0.39 is 0 Å². The molecule has 0 spiro atoms. The molecule has 0 radical (unpaired) electrons. The fraction of sp³-hybridized carbons (Fsp3) is 0.300. The van der Waals surface area contributed by atoms with Crippen LogP contribution in [0.1, 0.15) is 10.4 Å². The van der Waals surface area contributed by atoms with Crippen LogP contribution in [0, 0.1) is 6.92 Å². The standard InChI is InChI=1S/C20H21ClN4S/c1-15-14-17-18(22-20(21)23-19(17)26-15)25-12-10-24(11-13-25)9-5-8-16-6-3-2-4-7-16/h2-8,14H,9-13H2,1H3/b8-5+. The summed E-state index contributed by atoms with van der Waals surface area (Å²) in [5, 5.41) is 1.46. The second-order valence-electron chi connectivity index (χ2n) is 6.49. The highest BCUT2D eigenvalue weighted by Gasteiger charge is 2.21. The van der Waals surface area contributed by atoms with Gasteiger partial charge in [-0.05, 0) is 30.2 Å². The van der Waals surface area contributed by atoms with E-state index in [4.69, 9.17) is 11.6 Å². The van der Waals surface area contributed by atoms with Gasteiger partial charge in [0.2, 0.25) is 5.28 Å². The summed E-state index contributed by atoms with van der Waals surface area (Å²) >= 11 is 7.82. The number of piperazine rings is 1. The van der Waals surface area contributed by atoms with Crippen molar-refractivity contribution in [3.63, 3.8) is 0 Å². The van der Waals surface area contributed by atoms with Crippen molar-refractivity contribution in [2.24, 2.45) is 0 Å². The molecule has 0 unspecified atom stereocenters. The molecule has 1 saturated heterocycles. The lowest BCUT2D eigenvalue weighted by Gasteiger charge is -2.35. The number of aromatic nitrogens is 2. The zero-order valence-corrected chi connectivity index (χ0v) is 16.3. The SMILES string of the molecule is Cc1cc2c(N3CCN(C/C=C/c4ccccc4)CC3)nc(Cl)nc2s1. The summed E-state index contributed by atoms with van der Waals surface area (Å²) < 4.78 is 0. The van der Waals surface area contributed by atoms with Crippen molar-refractivity contribution in [2.45, 2.75) is 6.92 Å². The molecule has 0 amide bonds. The van der Waals surface area contributed by atoms with Crippen LogP contribution in [-0.2, 0) is 0 Å². The van der Waals surface area contributed by atoms with Gasteiger partial charge in [-0.2, -0.15) is 4.98 Å². The third-order valence-electron chi connectivity index (χ3n) is 4.61. The molecule has 3 heterocycles. The Morgan fingerprint density at radius 3 is 2.65 bits per heavy atom. The second kappa shape index (κ2) is 7.74. The van der Waals surface area contributed by atoms with E-state index in [2.05, 4.69) is 69.2 Å². The number of rotatable bonds is 4. The van der Waals surface area contributed by atoms with E-state index in [-0.39, 0.29) is 0 Å². The van der Waals surface area contributed by atoms with Gasteiger partial charge >= 0.3 is 0 Å². The van der Waals surface area contributed by atoms with E-state index in [1.807, 2.05) is 6.07 Å². The topological polar surface area (TPSA) is 32.3 Å². The number of hydrogen-bond donors (Lipinski definition) is 0. The molecule has 2 aromatic heterocycles. The molecule has 26 heavy (non-hydrogen) atoms. The molecule has 1 fully saturated rings. The van der Waals surface area contributed by atoms with E-state index in [0.717, 1.165) is 48.8 Å².